The van der Waals surface area contributed by atoms with Crippen molar-refractivity contribution in [1.29, 1.82) is 0 Å². The Labute approximate surface area is 234 Å². The molecule has 2 fully saturated rings. The van der Waals surface area contributed by atoms with E-state index < -0.39 is 18.1 Å². The van der Waals surface area contributed by atoms with Gasteiger partial charge in [-0.1, -0.05) is 43.5 Å². The first-order chi connectivity index (χ1) is 18.6. The van der Waals surface area contributed by atoms with Gasteiger partial charge in [0.25, 0.3) is 0 Å². The molecule has 0 unspecified atom stereocenters. The molecule has 216 valence electrons. The lowest BCUT2D eigenvalue weighted by molar-refractivity contribution is -0.143. The molecule has 8 nitrogen and oxygen atoms in total. The molecule has 0 aromatic heterocycles. The van der Waals surface area contributed by atoms with Crippen molar-refractivity contribution in [2.75, 3.05) is 13.6 Å². The molecular weight excluding hydrogens is 490 g/mol. The van der Waals surface area contributed by atoms with Crippen LogP contribution in [0.4, 0.5) is 0 Å². The Kier molecular flexibility index (Phi) is 9.70. The summed E-state index contributed by atoms with van der Waals surface area (Å²) in [7, 11) is 1.74. The highest BCUT2D eigenvalue weighted by Gasteiger charge is 2.45. The number of hydrogen-bond acceptors (Lipinski definition) is 5. The van der Waals surface area contributed by atoms with Crippen LogP contribution in [0.5, 0.6) is 0 Å². The van der Waals surface area contributed by atoms with Crippen molar-refractivity contribution >= 4 is 17.7 Å². The van der Waals surface area contributed by atoms with Gasteiger partial charge in [0.2, 0.25) is 17.7 Å². The van der Waals surface area contributed by atoms with Crippen LogP contribution >= 0.6 is 0 Å². The van der Waals surface area contributed by atoms with Crippen molar-refractivity contribution in [3.8, 4) is 0 Å². The molecule has 0 radical (unpaired) electrons. The number of carbonyl (C=O) groups excluding carboxylic acids is 3. The lowest BCUT2D eigenvalue weighted by Gasteiger charge is -2.35. The van der Waals surface area contributed by atoms with Crippen LogP contribution in [0.1, 0.15) is 96.2 Å². The minimum absolute atomic E-state index is 0.00211. The van der Waals surface area contributed by atoms with E-state index in [9.17, 15) is 14.4 Å². The van der Waals surface area contributed by atoms with Gasteiger partial charge in [0.1, 0.15) is 12.1 Å². The predicted octanol–water partition coefficient (Wildman–Crippen LogP) is 3.21. The lowest BCUT2D eigenvalue weighted by Crippen LogP contribution is -2.58. The van der Waals surface area contributed by atoms with Gasteiger partial charge in [-0.2, -0.15) is 0 Å². The number of likely N-dealkylation sites (N-methyl/N-ethyl adjacent to an activating group) is 1. The molecule has 5 atom stereocenters. The zero-order valence-electron chi connectivity index (χ0n) is 24.5. The van der Waals surface area contributed by atoms with Gasteiger partial charge in [-0.15, -0.1) is 0 Å². The van der Waals surface area contributed by atoms with Crippen LogP contribution in [0.3, 0.4) is 0 Å². The first-order valence-corrected chi connectivity index (χ1v) is 15.0. The number of nitrogens with zero attached hydrogens (tertiary/aromatic N) is 1. The van der Waals surface area contributed by atoms with Crippen LogP contribution in [0.15, 0.2) is 24.3 Å². The van der Waals surface area contributed by atoms with Crippen LogP contribution in [-0.4, -0.2) is 65.9 Å². The van der Waals surface area contributed by atoms with E-state index in [0.29, 0.717) is 13.0 Å². The molecule has 39 heavy (non-hydrogen) atoms. The number of carbonyl (C=O) groups is 3. The van der Waals surface area contributed by atoms with E-state index in [2.05, 4.69) is 60.2 Å². The fourth-order valence-electron chi connectivity index (χ4n) is 6.65. The standard InChI is InChI=1S/C31H49N5O3/c1-20(32-5)28(37)34-27(22-13-7-6-8-14-22)30(39)36-19-23(35-31(2,3)4)18-26(36)29(38)33-25-17-11-15-21-12-9-10-16-24(21)25/h9-10,12,16,20,22-23,25-27,32,35H,6-8,11,13-15,17-19H2,1-5H3,(H,33,38)(H,34,37)/t20-,23-,25+,26-,27-/m0/s1. The average Bonchev–Trinajstić information content (AvgIpc) is 3.33. The summed E-state index contributed by atoms with van der Waals surface area (Å²) in [6.45, 7) is 8.58. The summed E-state index contributed by atoms with van der Waals surface area (Å²) in [6, 6.07) is 6.71. The maximum Gasteiger partial charge on any atom is 0.246 e. The molecular formula is C31H49N5O3. The SMILES string of the molecule is CN[C@@H](C)C(=O)N[C@H](C(=O)N1C[C@@H](NC(C)(C)C)C[C@H]1C(=O)N[C@@H]1CCCc2ccccc21)C1CCCCC1. The second-order valence-electron chi connectivity index (χ2n) is 12.9. The molecule has 1 saturated heterocycles. The first kappa shape index (κ1) is 29.5. The molecule has 1 aromatic rings. The second kappa shape index (κ2) is 12.8. The van der Waals surface area contributed by atoms with E-state index >= 15 is 0 Å². The van der Waals surface area contributed by atoms with Crippen LogP contribution in [0.25, 0.3) is 0 Å². The molecule has 4 rings (SSSR count). The Morgan fingerprint density at radius 3 is 2.41 bits per heavy atom. The monoisotopic (exact) mass is 539 g/mol. The zero-order valence-corrected chi connectivity index (χ0v) is 24.5. The van der Waals surface area contributed by atoms with Crippen molar-refractivity contribution in [3.05, 3.63) is 35.4 Å². The van der Waals surface area contributed by atoms with Crippen molar-refractivity contribution in [1.82, 2.24) is 26.2 Å². The number of hydrogen-bond donors (Lipinski definition) is 4. The van der Waals surface area contributed by atoms with Crippen molar-refractivity contribution < 1.29 is 14.4 Å². The number of nitrogens with one attached hydrogen (secondary N) is 4. The molecule has 0 spiro atoms. The lowest BCUT2D eigenvalue weighted by atomic mass is 9.83. The topological polar surface area (TPSA) is 103 Å². The predicted molar refractivity (Wildman–Crippen MR) is 154 cm³/mol. The maximum absolute atomic E-state index is 14.3. The molecule has 3 amide bonds. The van der Waals surface area contributed by atoms with Crippen LogP contribution in [0, 0.1) is 5.92 Å². The minimum Gasteiger partial charge on any atom is -0.347 e. The van der Waals surface area contributed by atoms with E-state index in [1.165, 1.54) is 11.1 Å². The summed E-state index contributed by atoms with van der Waals surface area (Å²) in [5.41, 5.74) is 2.33. The molecule has 2 aliphatic carbocycles. The summed E-state index contributed by atoms with van der Waals surface area (Å²) in [4.78, 5) is 42.9. The minimum atomic E-state index is -0.618. The normalized spacial score (nSPS) is 25.5. The Hall–Kier alpha value is -2.45. The smallest absolute Gasteiger partial charge is 0.246 e. The number of likely N-dealkylation sites (tertiary alicyclic amines) is 1. The number of fused-ring (bicyclic) bond motifs is 1. The van der Waals surface area contributed by atoms with Crippen LogP contribution in [-0.2, 0) is 20.8 Å². The Bertz CT molecular complexity index is 1020. The number of benzene rings is 1. The Balaban J connectivity index is 1.57. The number of amides is 3. The highest BCUT2D eigenvalue weighted by atomic mass is 16.2. The summed E-state index contributed by atoms with van der Waals surface area (Å²) in [5, 5.41) is 13.0. The molecule has 8 heteroatoms. The molecule has 1 aromatic carbocycles. The largest absolute Gasteiger partial charge is 0.347 e. The summed E-state index contributed by atoms with van der Waals surface area (Å²) in [6.07, 6.45) is 8.63. The maximum atomic E-state index is 14.3. The zero-order chi connectivity index (χ0) is 28.2. The van der Waals surface area contributed by atoms with Crippen LogP contribution in [0.2, 0.25) is 0 Å². The molecule has 1 heterocycles. The Morgan fingerprint density at radius 1 is 1.00 bits per heavy atom. The van der Waals surface area contributed by atoms with Gasteiger partial charge in [-0.3, -0.25) is 14.4 Å². The third-order valence-corrected chi connectivity index (χ3v) is 8.72. The molecule has 0 bridgehead atoms. The van der Waals surface area contributed by atoms with Gasteiger partial charge in [0, 0.05) is 18.1 Å². The molecule has 1 saturated carbocycles. The van der Waals surface area contributed by atoms with E-state index in [1.807, 2.05) is 6.07 Å². The first-order valence-electron chi connectivity index (χ1n) is 15.0. The summed E-state index contributed by atoms with van der Waals surface area (Å²) in [5.74, 6) is -0.311. The van der Waals surface area contributed by atoms with Crippen LogP contribution < -0.4 is 21.3 Å². The van der Waals surface area contributed by atoms with E-state index in [1.54, 1.807) is 18.9 Å². The third-order valence-electron chi connectivity index (χ3n) is 8.72. The molecule has 3 aliphatic rings. The summed E-state index contributed by atoms with van der Waals surface area (Å²) < 4.78 is 0. The highest BCUT2D eigenvalue weighted by Crippen LogP contribution is 2.32. The fourth-order valence-corrected chi connectivity index (χ4v) is 6.65. The quantitative estimate of drug-likeness (QED) is 0.406. The highest BCUT2D eigenvalue weighted by molar-refractivity contribution is 5.94. The van der Waals surface area contributed by atoms with Gasteiger partial charge in [0.05, 0.1) is 12.1 Å². The van der Waals surface area contributed by atoms with E-state index in [4.69, 9.17) is 0 Å². The molecule has 1 aliphatic heterocycles. The fraction of sp³-hybridized carbons (Fsp3) is 0.710. The van der Waals surface area contributed by atoms with Gasteiger partial charge in [0.15, 0.2) is 0 Å². The van der Waals surface area contributed by atoms with Crippen molar-refractivity contribution in [3.63, 3.8) is 0 Å². The number of aryl methyl sites for hydroxylation is 1. The molecule has 4 N–H and O–H groups in total. The van der Waals surface area contributed by atoms with E-state index in [-0.39, 0.29) is 41.3 Å². The number of rotatable bonds is 8. The van der Waals surface area contributed by atoms with Gasteiger partial charge >= 0.3 is 0 Å². The Morgan fingerprint density at radius 2 is 1.72 bits per heavy atom. The van der Waals surface area contributed by atoms with Gasteiger partial charge < -0.3 is 26.2 Å². The summed E-state index contributed by atoms with van der Waals surface area (Å²) >= 11 is 0. The van der Waals surface area contributed by atoms with Gasteiger partial charge in [-0.25, -0.2) is 0 Å². The second-order valence-corrected chi connectivity index (χ2v) is 12.9. The van der Waals surface area contributed by atoms with Crippen molar-refractivity contribution in [2.45, 2.75) is 121 Å². The van der Waals surface area contributed by atoms with Crippen molar-refractivity contribution in [2.24, 2.45) is 5.92 Å². The van der Waals surface area contributed by atoms with Gasteiger partial charge in [-0.05, 0) is 90.3 Å². The average molecular weight is 540 g/mol. The van der Waals surface area contributed by atoms with E-state index in [0.717, 1.165) is 51.4 Å². The third kappa shape index (κ3) is 7.40.